The Hall–Kier alpha value is -5.33. The third-order valence-corrected chi connectivity index (χ3v) is 7.26. The Kier molecular flexibility index (Phi) is 10.6. The van der Waals surface area contributed by atoms with Crippen molar-refractivity contribution in [1.29, 1.82) is 0 Å². The Morgan fingerprint density at radius 1 is 0.909 bits per heavy atom. The van der Waals surface area contributed by atoms with Gasteiger partial charge in [0.05, 0.1) is 30.8 Å². The lowest BCUT2D eigenvalue weighted by Crippen LogP contribution is -2.41. The number of nitro benzene ring substituents is 1. The first-order chi connectivity index (χ1) is 21.2. The van der Waals surface area contributed by atoms with Crippen LogP contribution < -0.4 is 20.1 Å². The van der Waals surface area contributed by atoms with Crippen LogP contribution in [0.1, 0.15) is 41.9 Å². The summed E-state index contributed by atoms with van der Waals surface area (Å²) in [5.41, 5.74) is 4.08. The molecule has 3 aromatic carbocycles. The number of carboxylic acid groups (broad SMARTS) is 1. The van der Waals surface area contributed by atoms with Crippen LogP contribution in [-0.2, 0) is 20.9 Å². The number of nitrogens with one attached hydrogen (secondary N) is 2. The van der Waals surface area contributed by atoms with Crippen molar-refractivity contribution >= 4 is 23.8 Å². The third-order valence-electron chi connectivity index (χ3n) is 7.26. The van der Waals surface area contributed by atoms with Crippen molar-refractivity contribution in [2.24, 2.45) is 0 Å². The highest BCUT2D eigenvalue weighted by molar-refractivity contribution is 5.81. The molecule has 0 heterocycles. The van der Waals surface area contributed by atoms with Crippen LogP contribution in [0.2, 0.25) is 0 Å². The maximum absolute atomic E-state index is 12.5. The average Bonchev–Trinajstić information content (AvgIpc) is 3.34. The molecule has 13 nitrogen and oxygen atoms in total. The molecule has 1 aliphatic rings. The summed E-state index contributed by atoms with van der Waals surface area (Å²) in [6.45, 7) is -0.164. The van der Waals surface area contributed by atoms with E-state index in [1.807, 2.05) is 48.5 Å². The lowest BCUT2D eigenvalue weighted by molar-refractivity contribution is -0.385. The topological polar surface area (TPSA) is 176 Å². The van der Waals surface area contributed by atoms with Gasteiger partial charge in [0, 0.05) is 12.5 Å². The fourth-order valence-electron chi connectivity index (χ4n) is 5.09. The summed E-state index contributed by atoms with van der Waals surface area (Å²) in [6.07, 6.45) is -0.774. The number of methoxy groups -OCH3 is 2. The quantitative estimate of drug-likeness (QED) is 0.128. The third kappa shape index (κ3) is 7.54. The van der Waals surface area contributed by atoms with E-state index in [9.17, 15) is 29.6 Å². The first-order valence-electron chi connectivity index (χ1n) is 13.9. The van der Waals surface area contributed by atoms with Crippen LogP contribution in [-0.4, -0.2) is 61.6 Å². The number of hydrogen-bond acceptors (Lipinski definition) is 9. The average molecular weight is 608 g/mol. The van der Waals surface area contributed by atoms with E-state index in [4.69, 9.17) is 18.9 Å². The van der Waals surface area contributed by atoms with Crippen molar-refractivity contribution in [3.8, 4) is 22.6 Å². The smallest absolute Gasteiger partial charge is 0.407 e. The van der Waals surface area contributed by atoms with Gasteiger partial charge in [0.15, 0.2) is 11.5 Å². The zero-order valence-corrected chi connectivity index (χ0v) is 24.2. The van der Waals surface area contributed by atoms with Gasteiger partial charge in [-0.2, -0.15) is 0 Å². The summed E-state index contributed by atoms with van der Waals surface area (Å²) >= 11 is 0. The zero-order valence-electron chi connectivity index (χ0n) is 24.2. The molecule has 0 aromatic heterocycles. The summed E-state index contributed by atoms with van der Waals surface area (Å²) < 4.78 is 20.8. The highest BCUT2D eigenvalue weighted by Gasteiger charge is 2.30. The molecule has 44 heavy (non-hydrogen) atoms. The van der Waals surface area contributed by atoms with Gasteiger partial charge < -0.3 is 34.7 Å². The van der Waals surface area contributed by atoms with Crippen LogP contribution in [0.25, 0.3) is 11.1 Å². The van der Waals surface area contributed by atoms with Gasteiger partial charge in [0.1, 0.15) is 19.3 Å². The lowest BCUT2D eigenvalue weighted by atomic mass is 9.98. The maximum atomic E-state index is 12.5. The van der Waals surface area contributed by atoms with Gasteiger partial charge in [0.25, 0.3) is 5.69 Å². The van der Waals surface area contributed by atoms with Crippen LogP contribution in [0.15, 0.2) is 60.7 Å². The Morgan fingerprint density at radius 2 is 1.52 bits per heavy atom. The number of benzene rings is 3. The number of carbonyl (C=O) groups is 3. The minimum absolute atomic E-state index is 0.0602. The van der Waals surface area contributed by atoms with E-state index in [2.05, 4.69) is 10.6 Å². The number of fused-ring (bicyclic) bond motifs is 3. The van der Waals surface area contributed by atoms with Crippen LogP contribution in [0.5, 0.6) is 11.5 Å². The van der Waals surface area contributed by atoms with E-state index in [0.717, 1.165) is 22.3 Å². The van der Waals surface area contributed by atoms with Crippen molar-refractivity contribution in [2.45, 2.75) is 37.8 Å². The molecule has 3 N–H and O–H groups in total. The fourth-order valence-corrected chi connectivity index (χ4v) is 5.09. The minimum Gasteiger partial charge on any atom is -0.493 e. The first kappa shape index (κ1) is 31.6. The standard InChI is InChI=1S/C31H33N3O10/c1-41-27-15-19(26(34(39)40)16-28(27)42-2)17-43-30(37)32-14-8-7-13-25(29(35)36)33-31(38)44-18-24-22-11-5-3-9-20(22)21-10-4-6-12-23(21)24/h3-6,9-12,15-16,24-25H,7-8,13-14,17-18H2,1-2H3,(H,32,37)(H,33,38)(H,35,36). The second kappa shape index (κ2) is 14.7. The first-order valence-corrected chi connectivity index (χ1v) is 13.9. The van der Waals surface area contributed by atoms with Crippen molar-refractivity contribution in [2.75, 3.05) is 27.4 Å². The molecule has 3 aromatic rings. The maximum Gasteiger partial charge on any atom is 0.407 e. The summed E-state index contributed by atoms with van der Waals surface area (Å²) in [6, 6.07) is 17.2. The summed E-state index contributed by atoms with van der Waals surface area (Å²) in [5.74, 6) is -0.945. The van der Waals surface area contributed by atoms with Gasteiger partial charge in [0.2, 0.25) is 0 Å². The number of rotatable bonds is 14. The molecule has 13 heteroatoms. The molecular weight excluding hydrogens is 574 g/mol. The number of hydrogen-bond donors (Lipinski definition) is 3. The predicted molar refractivity (Wildman–Crippen MR) is 158 cm³/mol. The number of carbonyl (C=O) groups excluding carboxylic acids is 2. The molecule has 0 bridgehead atoms. The number of unbranched alkanes of at least 4 members (excludes halogenated alkanes) is 1. The number of nitrogens with zero attached hydrogens (tertiary/aromatic N) is 1. The lowest BCUT2D eigenvalue weighted by Gasteiger charge is -2.17. The second-order valence-electron chi connectivity index (χ2n) is 9.95. The zero-order chi connectivity index (χ0) is 31.6. The molecule has 0 saturated heterocycles. The molecule has 2 amide bonds. The number of amides is 2. The van der Waals surface area contributed by atoms with Crippen molar-refractivity contribution in [1.82, 2.24) is 10.6 Å². The highest BCUT2D eigenvalue weighted by Crippen LogP contribution is 2.44. The molecule has 0 aliphatic heterocycles. The molecule has 0 spiro atoms. The molecule has 1 aliphatic carbocycles. The van der Waals surface area contributed by atoms with E-state index in [1.54, 1.807) is 0 Å². The Morgan fingerprint density at radius 3 is 2.11 bits per heavy atom. The Labute approximate surface area is 253 Å². The number of carboxylic acids is 1. The van der Waals surface area contributed by atoms with Crippen molar-refractivity contribution < 1.29 is 43.4 Å². The molecule has 0 fully saturated rings. The number of ether oxygens (including phenoxy) is 4. The van der Waals surface area contributed by atoms with Crippen LogP contribution in [0, 0.1) is 10.1 Å². The molecule has 1 unspecified atom stereocenters. The molecule has 232 valence electrons. The van der Waals surface area contributed by atoms with Crippen molar-refractivity contribution in [3.05, 3.63) is 87.5 Å². The van der Waals surface area contributed by atoms with Crippen LogP contribution >= 0.6 is 0 Å². The monoisotopic (exact) mass is 607 g/mol. The van der Waals surface area contributed by atoms with E-state index in [1.165, 1.54) is 26.4 Å². The summed E-state index contributed by atoms with van der Waals surface area (Å²) in [4.78, 5) is 47.2. The predicted octanol–water partition coefficient (Wildman–Crippen LogP) is 5.00. The summed E-state index contributed by atoms with van der Waals surface area (Å²) in [5, 5.41) is 25.9. The number of aliphatic carboxylic acids is 1. The molecule has 4 rings (SSSR count). The SMILES string of the molecule is COc1cc(COC(=O)NCCCCC(NC(=O)OCC2c3ccccc3-c3ccccc32)C(=O)O)c([N+](=O)[O-])cc1OC. The molecule has 0 saturated carbocycles. The largest absolute Gasteiger partial charge is 0.493 e. The van der Waals surface area contributed by atoms with E-state index in [-0.39, 0.29) is 54.8 Å². The van der Waals surface area contributed by atoms with E-state index >= 15 is 0 Å². The number of alkyl carbamates (subject to hydrolysis) is 2. The van der Waals surface area contributed by atoms with E-state index in [0.29, 0.717) is 12.8 Å². The number of nitro groups is 1. The van der Waals surface area contributed by atoms with Gasteiger partial charge in [-0.1, -0.05) is 48.5 Å². The van der Waals surface area contributed by atoms with Gasteiger partial charge in [-0.15, -0.1) is 0 Å². The van der Waals surface area contributed by atoms with Gasteiger partial charge in [-0.05, 0) is 47.6 Å². The van der Waals surface area contributed by atoms with Gasteiger partial charge in [-0.3, -0.25) is 10.1 Å². The second-order valence-corrected chi connectivity index (χ2v) is 9.95. The fraction of sp³-hybridized carbons (Fsp3) is 0.323. The van der Waals surface area contributed by atoms with Gasteiger partial charge >= 0.3 is 18.2 Å². The summed E-state index contributed by atoms with van der Waals surface area (Å²) in [7, 11) is 2.73. The highest BCUT2D eigenvalue weighted by atomic mass is 16.6. The van der Waals surface area contributed by atoms with Gasteiger partial charge in [-0.25, -0.2) is 14.4 Å². The van der Waals surface area contributed by atoms with Crippen LogP contribution in [0.3, 0.4) is 0 Å². The molecular formula is C31H33N3O10. The van der Waals surface area contributed by atoms with Crippen LogP contribution in [0.4, 0.5) is 15.3 Å². The Bertz CT molecular complexity index is 1480. The Balaban J connectivity index is 1.19. The molecule has 1 atom stereocenters. The minimum atomic E-state index is -1.21. The molecule has 0 radical (unpaired) electrons. The normalized spacial score (nSPS) is 12.3. The van der Waals surface area contributed by atoms with E-state index < -0.39 is 29.1 Å². The van der Waals surface area contributed by atoms with Crippen molar-refractivity contribution in [3.63, 3.8) is 0 Å².